The molecule has 0 fully saturated rings. The van der Waals surface area contributed by atoms with Crippen molar-refractivity contribution in [1.29, 1.82) is 0 Å². The van der Waals surface area contributed by atoms with Crippen LogP contribution in [0.5, 0.6) is 0 Å². The van der Waals surface area contributed by atoms with E-state index in [1.54, 1.807) is 11.1 Å². The van der Waals surface area contributed by atoms with Crippen molar-refractivity contribution in [2.24, 2.45) is 0 Å². The Labute approximate surface area is 125 Å². The first kappa shape index (κ1) is 15.8. The average Bonchev–Trinajstić information content (AvgIpc) is 2.50. The van der Waals surface area contributed by atoms with Gasteiger partial charge in [-0.1, -0.05) is 0 Å². The van der Waals surface area contributed by atoms with Crippen LogP contribution < -0.4 is 0 Å². The van der Waals surface area contributed by atoms with Crippen LogP contribution in [0.4, 0.5) is 0 Å². The Balaban J connectivity index is 2.55. The molecule has 0 amide bonds. The van der Waals surface area contributed by atoms with E-state index in [-0.39, 0.29) is 0 Å². The minimum atomic E-state index is -1.81. The fourth-order valence-electron chi connectivity index (χ4n) is 4.55. The van der Waals surface area contributed by atoms with Crippen LogP contribution in [0, 0.1) is 0 Å². The van der Waals surface area contributed by atoms with Crippen molar-refractivity contribution in [3.05, 3.63) is 22.8 Å². The van der Waals surface area contributed by atoms with Gasteiger partial charge in [0.25, 0.3) is 0 Å². The summed E-state index contributed by atoms with van der Waals surface area (Å²) in [5, 5.41) is 7.96. The molecular weight excluding hydrogens is 280 g/mol. The molecular formula is C17H32SiTi. The van der Waals surface area contributed by atoms with Crippen molar-refractivity contribution >= 4 is 8.07 Å². The maximum atomic E-state index is 2.65. The Morgan fingerprint density at radius 1 is 1.11 bits per heavy atom. The SMILES string of the molecule is CC1=CC2=C(CCCC2)[C]1(C[Si](C)(C)C)[Ti]([CH3])([CH3])[CH3]. The van der Waals surface area contributed by atoms with Gasteiger partial charge in [-0.05, 0) is 0 Å². The molecule has 0 aromatic rings. The van der Waals surface area contributed by atoms with Crippen LogP contribution in [-0.2, 0) is 16.6 Å². The third-order valence-corrected chi connectivity index (χ3v) is 12.7. The third-order valence-electron chi connectivity index (χ3n) is 5.17. The standard InChI is InChI=1S/C14H23Si.3CH3.Ti/c1-11-9-12-7-5-6-8-13(12)14(11)10-15(2,3)4;;;;/h9H,5-8,10H2,1-4H3;3*1H3;. The van der Waals surface area contributed by atoms with E-state index in [2.05, 4.69) is 48.3 Å². The summed E-state index contributed by atoms with van der Waals surface area (Å²) in [5.41, 5.74) is 5.41. The molecule has 0 aliphatic heterocycles. The van der Waals surface area contributed by atoms with Crippen LogP contribution in [0.15, 0.2) is 22.8 Å². The zero-order chi connectivity index (χ0) is 14.5. The number of allylic oxidation sites excluding steroid dienone is 4. The van der Waals surface area contributed by atoms with Crippen LogP contribution in [-0.4, -0.2) is 8.07 Å². The van der Waals surface area contributed by atoms with Crippen molar-refractivity contribution in [1.82, 2.24) is 0 Å². The second-order valence-corrected chi connectivity index (χ2v) is 22.8. The van der Waals surface area contributed by atoms with Crippen molar-refractivity contribution in [3.63, 3.8) is 0 Å². The summed E-state index contributed by atoms with van der Waals surface area (Å²) in [6.07, 6.45) is 8.22. The molecule has 0 spiro atoms. The maximum absolute atomic E-state index is 2.65. The van der Waals surface area contributed by atoms with Crippen molar-refractivity contribution in [2.45, 2.75) is 77.7 Å². The topological polar surface area (TPSA) is 0 Å². The summed E-state index contributed by atoms with van der Waals surface area (Å²) in [4.78, 5) is 0. The van der Waals surface area contributed by atoms with E-state index in [1.807, 2.05) is 5.57 Å². The molecule has 1 unspecified atom stereocenters. The Morgan fingerprint density at radius 2 is 1.68 bits per heavy atom. The van der Waals surface area contributed by atoms with Gasteiger partial charge < -0.3 is 0 Å². The van der Waals surface area contributed by atoms with E-state index in [0.717, 1.165) is 0 Å². The third kappa shape index (κ3) is 2.76. The zero-order valence-corrected chi connectivity index (χ0v) is 16.7. The Bertz CT molecular complexity index is 431. The molecule has 108 valence electrons. The second-order valence-electron chi connectivity index (χ2n) is 8.93. The van der Waals surface area contributed by atoms with Crippen molar-refractivity contribution in [3.8, 4) is 0 Å². The van der Waals surface area contributed by atoms with Gasteiger partial charge in [0.1, 0.15) is 0 Å². The van der Waals surface area contributed by atoms with Crippen LogP contribution in [0.2, 0.25) is 45.1 Å². The second kappa shape index (κ2) is 5.00. The fraction of sp³-hybridized carbons (Fsp3) is 0.765. The van der Waals surface area contributed by atoms with E-state index in [9.17, 15) is 0 Å². The zero-order valence-electron chi connectivity index (χ0n) is 14.1. The summed E-state index contributed by atoms with van der Waals surface area (Å²) in [6, 6.07) is 1.50. The molecule has 2 aliphatic rings. The van der Waals surface area contributed by atoms with E-state index >= 15 is 0 Å². The Morgan fingerprint density at radius 3 is 2.21 bits per heavy atom. The molecule has 2 rings (SSSR count). The molecule has 2 heteroatoms. The van der Waals surface area contributed by atoms with Gasteiger partial charge >= 0.3 is 125 Å². The van der Waals surface area contributed by atoms with Gasteiger partial charge in [-0.2, -0.15) is 0 Å². The van der Waals surface area contributed by atoms with Crippen LogP contribution in [0.3, 0.4) is 0 Å². The monoisotopic (exact) mass is 312 g/mol. The van der Waals surface area contributed by atoms with Gasteiger partial charge in [-0.15, -0.1) is 0 Å². The van der Waals surface area contributed by atoms with Crippen LogP contribution >= 0.6 is 0 Å². The average molecular weight is 312 g/mol. The van der Waals surface area contributed by atoms with E-state index in [0.29, 0.717) is 3.72 Å². The first-order chi connectivity index (χ1) is 8.58. The summed E-state index contributed by atoms with van der Waals surface area (Å²) in [6.45, 7) is 10.2. The number of hydrogen-bond acceptors (Lipinski definition) is 0. The normalized spacial score (nSPS) is 28.5. The van der Waals surface area contributed by atoms with E-state index < -0.39 is 24.7 Å². The number of hydrogen-bond donors (Lipinski definition) is 0. The summed E-state index contributed by atoms with van der Waals surface area (Å²) >= 11 is -1.81. The first-order valence-electron chi connectivity index (χ1n) is 7.99. The van der Waals surface area contributed by atoms with Crippen LogP contribution in [0.25, 0.3) is 0 Å². The summed E-state index contributed by atoms with van der Waals surface area (Å²) in [5.74, 6) is 0. The molecule has 0 nitrogen and oxygen atoms in total. The summed E-state index contributed by atoms with van der Waals surface area (Å²) < 4.78 is 0.556. The fourth-order valence-corrected chi connectivity index (χ4v) is 16.0. The molecule has 0 saturated carbocycles. The first-order valence-corrected chi connectivity index (χ1v) is 17.2. The predicted molar refractivity (Wildman–Crippen MR) is 87.7 cm³/mol. The predicted octanol–water partition coefficient (Wildman–Crippen LogP) is 6.61. The molecule has 0 bridgehead atoms. The van der Waals surface area contributed by atoms with Gasteiger partial charge in [-0.3, -0.25) is 0 Å². The Kier molecular flexibility index (Phi) is 4.16. The minimum absolute atomic E-state index is 0.556. The van der Waals surface area contributed by atoms with Gasteiger partial charge in [0.2, 0.25) is 0 Å². The molecule has 0 saturated heterocycles. The van der Waals surface area contributed by atoms with Crippen molar-refractivity contribution in [2.75, 3.05) is 0 Å². The number of rotatable bonds is 3. The Hall–Kier alpha value is 0.411. The molecule has 0 aromatic heterocycles. The molecule has 0 N–H and O–H groups in total. The van der Waals surface area contributed by atoms with Crippen molar-refractivity contribution < 1.29 is 16.6 Å². The molecule has 2 aliphatic carbocycles. The van der Waals surface area contributed by atoms with Crippen LogP contribution in [0.1, 0.15) is 32.6 Å². The van der Waals surface area contributed by atoms with Gasteiger partial charge in [0.05, 0.1) is 0 Å². The van der Waals surface area contributed by atoms with Gasteiger partial charge in [0.15, 0.2) is 0 Å². The molecule has 0 heterocycles. The molecule has 0 radical (unpaired) electrons. The molecule has 0 aromatic carbocycles. The van der Waals surface area contributed by atoms with Gasteiger partial charge in [-0.25, -0.2) is 0 Å². The van der Waals surface area contributed by atoms with E-state index in [4.69, 9.17) is 0 Å². The molecule has 19 heavy (non-hydrogen) atoms. The quantitative estimate of drug-likeness (QED) is 0.514. The molecule has 1 atom stereocenters. The van der Waals surface area contributed by atoms with E-state index in [1.165, 1.54) is 31.7 Å². The summed E-state index contributed by atoms with van der Waals surface area (Å²) in [7, 11) is -1.05. The van der Waals surface area contributed by atoms with Gasteiger partial charge in [0, 0.05) is 0 Å².